The first kappa shape index (κ1) is 14.9. The summed E-state index contributed by atoms with van der Waals surface area (Å²) in [6.45, 7) is 11.0. The Hall–Kier alpha value is -0.120. The van der Waals surface area contributed by atoms with Gasteiger partial charge in [-0.05, 0) is 44.9 Å². The van der Waals surface area contributed by atoms with E-state index in [9.17, 15) is 0 Å². The molecule has 3 nitrogen and oxygen atoms in total. The SMILES string of the molecule is CCOC(CNC1CC(C)CC(C)C1)OCC. The normalized spacial score (nSPS) is 29.8. The summed E-state index contributed by atoms with van der Waals surface area (Å²) in [6.07, 6.45) is 3.86. The summed E-state index contributed by atoms with van der Waals surface area (Å²) >= 11 is 0. The summed E-state index contributed by atoms with van der Waals surface area (Å²) in [4.78, 5) is 0. The summed E-state index contributed by atoms with van der Waals surface area (Å²) in [5, 5.41) is 3.60. The molecule has 1 N–H and O–H groups in total. The zero-order valence-corrected chi connectivity index (χ0v) is 11.9. The van der Waals surface area contributed by atoms with Gasteiger partial charge in [-0.1, -0.05) is 13.8 Å². The van der Waals surface area contributed by atoms with Gasteiger partial charge in [0, 0.05) is 25.8 Å². The molecule has 0 aromatic carbocycles. The van der Waals surface area contributed by atoms with Crippen LogP contribution in [0.15, 0.2) is 0 Å². The fourth-order valence-corrected chi connectivity index (χ4v) is 2.91. The second-order valence-corrected chi connectivity index (χ2v) is 5.36. The number of hydrogen-bond acceptors (Lipinski definition) is 3. The average molecular weight is 243 g/mol. The Morgan fingerprint density at radius 2 is 1.53 bits per heavy atom. The van der Waals surface area contributed by atoms with E-state index in [0.29, 0.717) is 19.3 Å². The lowest BCUT2D eigenvalue weighted by Crippen LogP contribution is -2.41. The summed E-state index contributed by atoms with van der Waals surface area (Å²) in [7, 11) is 0. The van der Waals surface area contributed by atoms with Crippen molar-refractivity contribution in [2.45, 2.75) is 59.3 Å². The quantitative estimate of drug-likeness (QED) is 0.697. The average Bonchev–Trinajstić information content (AvgIpc) is 2.25. The predicted molar refractivity (Wildman–Crippen MR) is 71.0 cm³/mol. The van der Waals surface area contributed by atoms with Gasteiger partial charge in [0.15, 0.2) is 6.29 Å². The first-order chi connectivity index (χ1) is 8.15. The fourth-order valence-electron chi connectivity index (χ4n) is 2.91. The maximum absolute atomic E-state index is 5.54. The zero-order valence-electron chi connectivity index (χ0n) is 11.9. The molecule has 1 saturated carbocycles. The molecule has 1 aliphatic carbocycles. The van der Waals surface area contributed by atoms with Gasteiger partial charge in [-0.3, -0.25) is 0 Å². The number of nitrogens with one attached hydrogen (secondary N) is 1. The van der Waals surface area contributed by atoms with E-state index in [1.807, 2.05) is 13.8 Å². The molecular weight excluding hydrogens is 214 g/mol. The van der Waals surface area contributed by atoms with Crippen LogP contribution in [0.3, 0.4) is 0 Å². The molecule has 102 valence electrons. The summed E-state index contributed by atoms with van der Waals surface area (Å²) < 4.78 is 11.1. The highest BCUT2D eigenvalue weighted by Gasteiger charge is 2.24. The Labute approximate surface area is 106 Å². The molecule has 0 saturated heterocycles. The van der Waals surface area contributed by atoms with Gasteiger partial charge < -0.3 is 14.8 Å². The van der Waals surface area contributed by atoms with Gasteiger partial charge in [0.2, 0.25) is 0 Å². The van der Waals surface area contributed by atoms with Crippen LogP contribution in [0.25, 0.3) is 0 Å². The lowest BCUT2D eigenvalue weighted by molar-refractivity contribution is -0.134. The van der Waals surface area contributed by atoms with E-state index in [1.54, 1.807) is 0 Å². The van der Waals surface area contributed by atoms with Crippen LogP contribution in [-0.4, -0.2) is 32.1 Å². The van der Waals surface area contributed by atoms with Crippen LogP contribution in [0.5, 0.6) is 0 Å². The van der Waals surface area contributed by atoms with E-state index in [-0.39, 0.29) is 6.29 Å². The molecule has 1 rings (SSSR count). The zero-order chi connectivity index (χ0) is 12.7. The molecule has 0 aromatic rings. The van der Waals surface area contributed by atoms with Gasteiger partial charge >= 0.3 is 0 Å². The van der Waals surface area contributed by atoms with Crippen molar-refractivity contribution in [2.24, 2.45) is 11.8 Å². The van der Waals surface area contributed by atoms with Crippen LogP contribution < -0.4 is 5.32 Å². The third-order valence-corrected chi connectivity index (χ3v) is 3.46. The monoisotopic (exact) mass is 243 g/mol. The van der Waals surface area contributed by atoms with Gasteiger partial charge in [0.25, 0.3) is 0 Å². The van der Waals surface area contributed by atoms with E-state index in [2.05, 4.69) is 19.2 Å². The molecule has 2 atom stereocenters. The van der Waals surface area contributed by atoms with Crippen LogP contribution in [0.2, 0.25) is 0 Å². The van der Waals surface area contributed by atoms with E-state index in [4.69, 9.17) is 9.47 Å². The van der Waals surface area contributed by atoms with Crippen LogP contribution in [-0.2, 0) is 9.47 Å². The minimum atomic E-state index is -0.0856. The Morgan fingerprint density at radius 3 is 2.00 bits per heavy atom. The van der Waals surface area contributed by atoms with Gasteiger partial charge in [0.1, 0.15) is 0 Å². The van der Waals surface area contributed by atoms with E-state index in [0.717, 1.165) is 18.4 Å². The van der Waals surface area contributed by atoms with Crippen molar-refractivity contribution in [2.75, 3.05) is 19.8 Å². The van der Waals surface area contributed by atoms with Gasteiger partial charge in [-0.25, -0.2) is 0 Å². The largest absolute Gasteiger partial charge is 0.352 e. The van der Waals surface area contributed by atoms with E-state index < -0.39 is 0 Å². The molecule has 3 heteroatoms. The molecule has 2 unspecified atom stereocenters. The van der Waals surface area contributed by atoms with Crippen molar-refractivity contribution < 1.29 is 9.47 Å². The summed E-state index contributed by atoms with van der Waals surface area (Å²) in [5.74, 6) is 1.68. The number of hydrogen-bond donors (Lipinski definition) is 1. The highest BCUT2D eigenvalue weighted by Crippen LogP contribution is 2.28. The third-order valence-electron chi connectivity index (χ3n) is 3.46. The Balaban J connectivity index is 2.27. The molecular formula is C14H29NO2. The standard InChI is InChI=1S/C14H29NO2/c1-5-16-14(17-6-2)10-15-13-8-11(3)7-12(4)9-13/h11-15H,5-10H2,1-4H3. The van der Waals surface area contributed by atoms with Crippen molar-refractivity contribution in [1.82, 2.24) is 5.32 Å². The maximum Gasteiger partial charge on any atom is 0.169 e. The topological polar surface area (TPSA) is 30.5 Å². The highest BCUT2D eigenvalue weighted by molar-refractivity contribution is 4.79. The molecule has 0 aromatic heterocycles. The van der Waals surface area contributed by atoms with Crippen LogP contribution in [0.1, 0.15) is 47.0 Å². The predicted octanol–water partition coefficient (Wildman–Crippen LogP) is 2.80. The molecule has 0 aliphatic heterocycles. The molecule has 1 aliphatic rings. The first-order valence-corrected chi connectivity index (χ1v) is 7.12. The molecule has 0 heterocycles. The van der Waals surface area contributed by atoms with Gasteiger partial charge in [0.05, 0.1) is 0 Å². The highest BCUT2D eigenvalue weighted by atomic mass is 16.7. The van der Waals surface area contributed by atoms with Crippen LogP contribution in [0.4, 0.5) is 0 Å². The molecule has 17 heavy (non-hydrogen) atoms. The second kappa shape index (κ2) is 8.06. The van der Waals surface area contributed by atoms with E-state index in [1.165, 1.54) is 19.3 Å². The summed E-state index contributed by atoms with van der Waals surface area (Å²) in [5.41, 5.74) is 0. The van der Waals surface area contributed by atoms with Crippen molar-refractivity contribution >= 4 is 0 Å². The Bertz CT molecular complexity index is 183. The fraction of sp³-hybridized carbons (Fsp3) is 1.00. The van der Waals surface area contributed by atoms with Crippen LogP contribution in [0, 0.1) is 11.8 Å². The maximum atomic E-state index is 5.54. The Morgan fingerprint density at radius 1 is 1.00 bits per heavy atom. The smallest absolute Gasteiger partial charge is 0.169 e. The Kier molecular flexibility index (Phi) is 7.09. The first-order valence-electron chi connectivity index (χ1n) is 7.12. The van der Waals surface area contributed by atoms with Gasteiger partial charge in [-0.15, -0.1) is 0 Å². The van der Waals surface area contributed by atoms with Crippen LogP contribution >= 0.6 is 0 Å². The second-order valence-electron chi connectivity index (χ2n) is 5.36. The van der Waals surface area contributed by atoms with Crippen molar-refractivity contribution in [3.8, 4) is 0 Å². The number of ether oxygens (including phenoxy) is 2. The minimum Gasteiger partial charge on any atom is -0.352 e. The summed E-state index contributed by atoms with van der Waals surface area (Å²) in [6, 6.07) is 0.636. The lowest BCUT2D eigenvalue weighted by Gasteiger charge is -2.33. The molecule has 0 bridgehead atoms. The molecule has 0 amide bonds. The molecule has 1 fully saturated rings. The minimum absolute atomic E-state index is 0.0856. The third kappa shape index (κ3) is 5.84. The lowest BCUT2D eigenvalue weighted by atomic mass is 9.80. The van der Waals surface area contributed by atoms with Gasteiger partial charge in [-0.2, -0.15) is 0 Å². The van der Waals surface area contributed by atoms with E-state index >= 15 is 0 Å². The number of rotatable bonds is 7. The van der Waals surface area contributed by atoms with Crippen molar-refractivity contribution in [3.63, 3.8) is 0 Å². The molecule has 0 spiro atoms. The van der Waals surface area contributed by atoms with Crippen molar-refractivity contribution in [3.05, 3.63) is 0 Å². The molecule has 0 radical (unpaired) electrons. The van der Waals surface area contributed by atoms with Crippen molar-refractivity contribution in [1.29, 1.82) is 0 Å².